The molecule has 122 valence electrons. The summed E-state index contributed by atoms with van der Waals surface area (Å²) >= 11 is 12.1. The number of carbonyl (C=O) groups excluding carboxylic acids is 2. The number of benzene rings is 2. The Morgan fingerprint density at radius 1 is 1.12 bits per heavy atom. The molecule has 0 saturated carbocycles. The number of carbonyl (C=O) groups is 2. The van der Waals surface area contributed by atoms with E-state index in [1.54, 1.807) is 48.5 Å². The van der Waals surface area contributed by atoms with E-state index < -0.39 is 23.7 Å². The van der Waals surface area contributed by atoms with Gasteiger partial charge in [-0.1, -0.05) is 47.5 Å². The minimum absolute atomic E-state index is 0.233. The zero-order valence-electron chi connectivity index (χ0n) is 12.4. The highest BCUT2D eigenvalue weighted by Gasteiger charge is 2.47. The number of nitrogens with one attached hydrogen (secondary N) is 1. The van der Waals surface area contributed by atoms with Crippen molar-refractivity contribution in [3.63, 3.8) is 0 Å². The molecular formula is C18H13Cl2NO3. The van der Waals surface area contributed by atoms with E-state index in [9.17, 15) is 14.7 Å². The second-order valence-corrected chi connectivity index (χ2v) is 6.29. The van der Waals surface area contributed by atoms with E-state index in [-0.39, 0.29) is 10.6 Å². The molecule has 4 nitrogen and oxygen atoms in total. The Balaban J connectivity index is 1.85. The lowest BCUT2D eigenvalue weighted by molar-refractivity contribution is -0.138. The predicted octanol–water partition coefficient (Wildman–Crippen LogP) is 3.81. The van der Waals surface area contributed by atoms with Crippen molar-refractivity contribution in [2.45, 2.75) is 12.0 Å². The Bertz CT molecular complexity index is 863. The molecule has 0 spiro atoms. The van der Waals surface area contributed by atoms with Gasteiger partial charge in [0.1, 0.15) is 0 Å². The summed E-state index contributed by atoms with van der Waals surface area (Å²) in [5.41, 5.74) is -0.655. The van der Waals surface area contributed by atoms with Gasteiger partial charge in [0.15, 0.2) is 11.4 Å². The fraction of sp³-hybridized carbons (Fsp3) is 0.111. The second-order valence-electron chi connectivity index (χ2n) is 5.47. The molecule has 2 N–H and O–H groups in total. The van der Waals surface area contributed by atoms with Crippen molar-refractivity contribution in [2.75, 3.05) is 5.32 Å². The molecule has 0 aliphatic carbocycles. The maximum absolute atomic E-state index is 12.2. The van der Waals surface area contributed by atoms with Crippen LogP contribution < -0.4 is 5.32 Å². The monoisotopic (exact) mass is 361 g/mol. The predicted molar refractivity (Wildman–Crippen MR) is 94.1 cm³/mol. The summed E-state index contributed by atoms with van der Waals surface area (Å²) in [7, 11) is 0. The highest BCUT2D eigenvalue weighted by molar-refractivity contribution is 6.33. The fourth-order valence-corrected chi connectivity index (χ4v) is 3.19. The average Bonchev–Trinajstić information content (AvgIpc) is 2.78. The lowest BCUT2D eigenvalue weighted by Crippen LogP contribution is -2.36. The summed E-state index contributed by atoms with van der Waals surface area (Å²) in [6.07, 6.45) is 2.44. The molecule has 1 heterocycles. The van der Waals surface area contributed by atoms with Gasteiger partial charge in [-0.25, -0.2) is 0 Å². The van der Waals surface area contributed by atoms with Crippen LogP contribution in [0.1, 0.15) is 17.5 Å². The first-order chi connectivity index (χ1) is 11.4. The third-order valence-corrected chi connectivity index (χ3v) is 4.49. The van der Waals surface area contributed by atoms with E-state index in [0.29, 0.717) is 16.3 Å². The van der Waals surface area contributed by atoms with E-state index in [1.807, 2.05) is 0 Å². The SMILES string of the molecule is O=C(/C=C/c1ccccc1Cl)C[C@@]1(O)C(=O)Nc2cccc(Cl)c21. The van der Waals surface area contributed by atoms with Crippen molar-refractivity contribution >= 4 is 46.7 Å². The molecule has 0 unspecified atom stereocenters. The topological polar surface area (TPSA) is 66.4 Å². The van der Waals surface area contributed by atoms with E-state index in [4.69, 9.17) is 23.2 Å². The summed E-state index contributed by atoms with van der Waals surface area (Å²) in [4.78, 5) is 24.4. The number of fused-ring (bicyclic) bond motifs is 1. The molecule has 1 aliphatic rings. The molecule has 3 rings (SSSR count). The molecule has 24 heavy (non-hydrogen) atoms. The van der Waals surface area contributed by atoms with Crippen molar-refractivity contribution in [3.8, 4) is 0 Å². The number of hydrogen-bond acceptors (Lipinski definition) is 3. The van der Waals surface area contributed by atoms with Gasteiger partial charge in [0.25, 0.3) is 5.91 Å². The number of anilines is 1. The largest absolute Gasteiger partial charge is 0.375 e. The van der Waals surface area contributed by atoms with Gasteiger partial charge >= 0.3 is 0 Å². The molecule has 0 bridgehead atoms. The molecule has 0 saturated heterocycles. The van der Waals surface area contributed by atoms with Crippen LogP contribution in [0.2, 0.25) is 10.0 Å². The molecule has 2 aromatic rings. The van der Waals surface area contributed by atoms with Crippen LogP contribution in [0.15, 0.2) is 48.5 Å². The van der Waals surface area contributed by atoms with E-state index in [0.717, 1.165) is 0 Å². The second kappa shape index (κ2) is 6.40. The summed E-state index contributed by atoms with van der Waals surface area (Å²) in [5, 5.41) is 14.0. The van der Waals surface area contributed by atoms with Crippen LogP contribution in [0.25, 0.3) is 6.08 Å². The van der Waals surface area contributed by atoms with Gasteiger partial charge in [-0.05, 0) is 35.9 Å². The van der Waals surface area contributed by atoms with Crippen molar-refractivity contribution in [1.29, 1.82) is 0 Å². The number of halogens is 2. The highest BCUT2D eigenvalue weighted by atomic mass is 35.5. The van der Waals surface area contributed by atoms with Crippen LogP contribution in [0.3, 0.4) is 0 Å². The summed E-state index contributed by atoms with van der Waals surface area (Å²) in [5.74, 6) is -1.08. The molecule has 0 radical (unpaired) electrons. The quantitative estimate of drug-likeness (QED) is 0.813. The fourth-order valence-electron chi connectivity index (χ4n) is 2.66. The smallest absolute Gasteiger partial charge is 0.261 e. The number of allylic oxidation sites excluding steroid dienone is 1. The molecular weight excluding hydrogens is 349 g/mol. The third-order valence-electron chi connectivity index (χ3n) is 3.84. The molecule has 1 atom stereocenters. The van der Waals surface area contributed by atoms with Gasteiger partial charge in [0.2, 0.25) is 0 Å². The van der Waals surface area contributed by atoms with Gasteiger partial charge in [0, 0.05) is 21.3 Å². The Morgan fingerprint density at radius 3 is 2.58 bits per heavy atom. The highest BCUT2D eigenvalue weighted by Crippen LogP contribution is 2.42. The molecule has 1 amide bonds. The van der Waals surface area contributed by atoms with Gasteiger partial charge in [-0.15, -0.1) is 0 Å². The molecule has 6 heteroatoms. The van der Waals surface area contributed by atoms with Crippen molar-refractivity contribution < 1.29 is 14.7 Å². The lowest BCUT2D eigenvalue weighted by Gasteiger charge is -2.20. The van der Waals surface area contributed by atoms with E-state index >= 15 is 0 Å². The Kier molecular flexibility index (Phi) is 4.45. The van der Waals surface area contributed by atoms with Crippen LogP contribution in [0.4, 0.5) is 5.69 Å². The Morgan fingerprint density at radius 2 is 1.83 bits per heavy atom. The van der Waals surface area contributed by atoms with Crippen LogP contribution in [-0.2, 0) is 15.2 Å². The maximum atomic E-state index is 12.2. The van der Waals surface area contributed by atoms with Gasteiger partial charge in [0.05, 0.1) is 6.42 Å². The molecule has 2 aromatic carbocycles. The Labute approximate surface area is 148 Å². The van der Waals surface area contributed by atoms with E-state index in [1.165, 1.54) is 6.08 Å². The molecule has 1 aliphatic heterocycles. The standard InChI is InChI=1S/C18H13Cl2NO3/c19-13-5-2-1-4-11(13)8-9-12(22)10-18(24)16-14(20)6-3-7-15(16)21-17(18)23/h1-9,24H,10H2,(H,21,23)/b9-8+/t18-/m0/s1. The van der Waals surface area contributed by atoms with Crippen LogP contribution in [0.5, 0.6) is 0 Å². The zero-order valence-corrected chi connectivity index (χ0v) is 13.9. The summed E-state index contributed by atoms with van der Waals surface area (Å²) in [6.45, 7) is 0. The van der Waals surface area contributed by atoms with Gasteiger partial charge in [-0.2, -0.15) is 0 Å². The number of ketones is 1. The first-order valence-electron chi connectivity index (χ1n) is 7.20. The summed E-state index contributed by atoms with van der Waals surface area (Å²) in [6, 6.07) is 11.9. The van der Waals surface area contributed by atoms with Crippen molar-refractivity contribution in [1.82, 2.24) is 0 Å². The van der Waals surface area contributed by atoms with E-state index in [2.05, 4.69) is 5.32 Å². The maximum Gasteiger partial charge on any atom is 0.261 e. The zero-order chi connectivity index (χ0) is 17.3. The number of aliphatic hydroxyl groups is 1. The van der Waals surface area contributed by atoms with Gasteiger partial charge < -0.3 is 10.4 Å². The van der Waals surface area contributed by atoms with Crippen LogP contribution in [-0.4, -0.2) is 16.8 Å². The van der Waals surface area contributed by atoms with Crippen molar-refractivity contribution in [3.05, 3.63) is 69.7 Å². The number of hydrogen-bond donors (Lipinski definition) is 2. The normalized spacial score (nSPS) is 19.4. The third kappa shape index (κ3) is 2.96. The van der Waals surface area contributed by atoms with Crippen LogP contribution >= 0.6 is 23.2 Å². The van der Waals surface area contributed by atoms with Crippen molar-refractivity contribution in [2.24, 2.45) is 0 Å². The Hall–Kier alpha value is -2.14. The van der Waals surface area contributed by atoms with Gasteiger partial charge in [-0.3, -0.25) is 9.59 Å². The minimum Gasteiger partial charge on any atom is -0.375 e. The lowest BCUT2D eigenvalue weighted by atomic mass is 9.89. The summed E-state index contributed by atoms with van der Waals surface area (Å²) < 4.78 is 0. The first kappa shape index (κ1) is 16.7. The molecule has 0 aromatic heterocycles. The first-order valence-corrected chi connectivity index (χ1v) is 7.95. The van der Waals surface area contributed by atoms with Crippen LogP contribution in [0, 0.1) is 0 Å². The number of amides is 1. The molecule has 0 fully saturated rings. The number of rotatable bonds is 4. The average molecular weight is 362 g/mol. The minimum atomic E-state index is -1.98.